The molecule has 2 aromatic rings. The number of hydrogen-bond acceptors (Lipinski definition) is 3. The van der Waals surface area contributed by atoms with Crippen LogP contribution in [0.4, 0.5) is 5.69 Å². The Balaban J connectivity index is 1.96. The predicted octanol–water partition coefficient (Wildman–Crippen LogP) is 4.95. The van der Waals surface area contributed by atoms with Crippen LogP contribution in [0.15, 0.2) is 61.2 Å². The topological polar surface area (TPSA) is 47.6 Å². The lowest BCUT2D eigenvalue weighted by molar-refractivity contribution is -0.122. The summed E-state index contributed by atoms with van der Waals surface area (Å²) in [5.41, 5.74) is 1.97. The molecule has 0 bridgehead atoms. The number of benzene rings is 2. The van der Waals surface area contributed by atoms with E-state index < -0.39 is 6.10 Å². The highest BCUT2D eigenvalue weighted by Crippen LogP contribution is 2.25. The highest BCUT2D eigenvalue weighted by molar-refractivity contribution is 5.94. The first-order chi connectivity index (χ1) is 12.3. The second-order valence-electron chi connectivity index (χ2n) is 7.15. The molecule has 1 amide bonds. The van der Waals surface area contributed by atoms with Crippen molar-refractivity contribution in [3.8, 4) is 11.5 Å². The summed E-state index contributed by atoms with van der Waals surface area (Å²) >= 11 is 0. The Hall–Kier alpha value is -2.75. The fraction of sp³-hybridized carbons (Fsp3) is 0.318. The van der Waals surface area contributed by atoms with Gasteiger partial charge in [-0.3, -0.25) is 4.79 Å². The van der Waals surface area contributed by atoms with Gasteiger partial charge in [0, 0.05) is 11.8 Å². The number of carbonyl (C=O) groups excluding carboxylic acids is 1. The summed E-state index contributed by atoms with van der Waals surface area (Å²) in [6, 6.07) is 15.1. The van der Waals surface area contributed by atoms with Gasteiger partial charge in [0.15, 0.2) is 6.10 Å². The second-order valence-corrected chi connectivity index (χ2v) is 7.15. The minimum absolute atomic E-state index is 0.0835. The minimum atomic E-state index is -0.617. The highest BCUT2D eigenvalue weighted by Gasteiger charge is 2.17. The van der Waals surface area contributed by atoms with Crippen molar-refractivity contribution < 1.29 is 14.3 Å². The number of rotatable bonds is 7. The van der Waals surface area contributed by atoms with Crippen molar-refractivity contribution in [2.45, 2.75) is 39.2 Å². The van der Waals surface area contributed by atoms with E-state index in [1.807, 2.05) is 42.5 Å². The molecule has 0 radical (unpaired) electrons. The second kappa shape index (κ2) is 8.56. The van der Waals surface area contributed by atoms with Crippen molar-refractivity contribution in [2.24, 2.45) is 0 Å². The van der Waals surface area contributed by atoms with Gasteiger partial charge in [0.2, 0.25) is 0 Å². The number of anilines is 1. The third-order valence-corrected chi connectivity index (χ3v) is 3.87. The van der Waals surface area contributed by atoms with E-state index in [-0.39, 0.29) is 11.3 Å². The molecule has 0 aliphatic heterocycles. The fourth-order valence-electron chi connectivity index (χ4n) is 2.35. The summed E-state index contributed by atoms with van der Waals surface area (Å²) in [5.74, 6) is 1.13. The number of amides is 1. The van der Waals surface area contributed by atoms with Gasteiger partial charge in [0.25, 0.3) is 5.91 Å². The molecule has 0 fully saturated rings. The summed E-state index contributed by atoms with van der Waals surface area (Å²) in [6.07, 6.45) is 1.06. The van der Waals surface area contributed by atoms with E-state index in [1.54, 1.807) is 19.1 Å². The number of ether oxygens (including phenoxy) is 2. The van der Waals surface area contributed by atoms with E-state index in [9.17, 15) is 4.79 Å². The van der Waals surface area contributed by atoms with Crippen molar-refractivity contribution in [3.63, 3.8) is 0 Å². The molecule has 0 saturated carbocycles. The summed E-state index contributed by atoms with van der Waals surface area (Å²) < 4.78 is 11.2. The molecule has 0 saturated heterocycles. The van der Waals surface area contributed by atoms with E-state index >= 15 is 0 Å². The zero-order valence-electron chi connectivity index (χ0n) is 15.9. The highest BCUT2D eigenvalue weighted by atomic mass is 16.5. The third kappa shape index (κ3) is 5.66. The lowest BCUT2D eigenvalue weighted by atomic mass is 9.87. The van der Waals surface area contributed by atoms with Crippen LogP contribution in [-0.4, -0.2) is 18.6 Å². The van der Waals surface area contributed by atoms with Crippen molar-refractivity contribution in [1.82, 2.24) is 0 Å². The molecule has 26 heavy (non-hydrogen) atoms. The van der Waals surface area contributed by atoms with E-state index in [0.29, 0.717) is 23.8 Å². The van der Waals surface area contributed by atoms with Gasteiger partial charge in [-0.25, -0.2) is 0 Å². The van der Waals surface area contributed by atoms with Crippen LogP contribution in [0.5, 0.6) is 11.5 Å². The minimum Gasteiger partial charge on any atom is -0.489 e. The normalized spacial score (nSPS) is 12.2. The predicted molar refractivity (Wildman–Crippen MR) is 106 cm³/mol. The van der Waals surface area contributed by atoms with Gasteiger partial charge in [-0.1, -0.05) is 51.6 Å². The van der Waals surface area contributed by atoms with Crippen LogP contribution >= 0.6 is 0 Å². The molecule has 0 aliphatic carbocycles. The summed E-state index contributed by atoms with van der Waals surface area (Å²) in [6.45, 7) is 12.2. The Morgan fingerprint density at radius 1 is 1.15 bits per heavy atom. The Labute approximate surface area is 155 Å². The molecule has 2 rings (SSSR count). The quantitative estimate of drug-likeness (QED) is 0.716. The maximum atomic E-state index is 12.4. The van der Waals surface area contributed by atoms with Crippen LogP contribution in [0.3, 0.4) is 0 Å². The van der Waals surface area contributed by atoms with Gasteiger partial charge >= 0.3 is 0 Å². The smallest absolute Gasteiger partial charge is 0.265 e. The number of hydrogen-bond donors (Lipinski definition) is 1. The summed E-state index contributed by atoms with van der Waals surface area (Å²) in [5, 5.41) is 2.84. The fourth-order valence-corrected chi connectivity index (χ4v) is 2.35. The van der Waals surface area contributed by atoms with Gasteiger partial charge in [0.1, 0.15) is 18.1 Å². The Morgan fingerprint density at radius 2 is 1.85 bits per heavy atom. The van der Waals surface area contributed by atoms with Gasteiger partial charge in [-0.05, 0) is 42.2 Å². The first-order valence-electron chi connectivity index (χ1n) is 8.71. The molecular weight excluding hydrogens is 326 g/mol. The Bertz CT molecular complexity index is 745. The average molecular weight is 353 g/mol. The first kappa shape index (κ1) is 19.6. The standard InChI is InChI=1S/C22H27NO3/c1-6-14-25-20-9-7-8-18(15-20)23-21(24)16(2)26-19-12-10-17(11-13-19)22(3,4)5/h6-13,15-16H,1,14H2,2-5H3,(H,23,24)/t16-/m0/s1. The lowest BCUT2D eigenvalue weighted by Gasteiger charge is -2.20. The molecule has 0 heterocycles. The van der Waals surface area contributed by atoms with Gasteiger partial charge in [0.05, 0.1) is 0 Å². The molecular formula is C22H27NO3. The third-order valence-electron chi connectivity index (χ3n) is 3.87. The number of carbonyl (C=O) groups is 1. The Morgan fingerprint density at radius 3 is 2.46 bits per heavy atom. The van der Waals surface area contributed by atoms with Crippen LogP contribution in [0.25, 0.3) is 0 Å². The molecule has 0 aliphatic rings. The molecule has 1 N–H and O–H groups in total. The van der Waals surface area contributed by atoms with Crippen LogP contribution in [0.1, 0.15) is 33.3 Å². The van der Waals surface area contributed by atoms with E-state index in [4.69, 9.17) is 9.47 Å². The average Bonchev–Trinajstić information content (AvgIpc) is 2.60. The van der Waals surface area contributed by atoms with Gasteiger partial charge < -0.3 is 14.8 Å². The van der Waals surface area contributed by atoms with Gasteiger partial charge in [-0.2, -0.15) is 0 Å². The van der Waals surface area contributed by atoms with Crippen LogP contribution < -0.4 is 14.8 Å². The molecule has 0 spiro atoms. The maximum absolute atomic E-state index is 12.4. The van der Waals surface area contributed by atoms with Crippen LogP contribution in [0, 0.1) is 0 Å². The molecule has 1 atom stereocenters. The number of nitrogens with one attached hydrogen (secondary N) is 1. The Kier molecular flexibility index (Phi) is 6.45. The van der Waals surface area contributed by atoms with E-state index in [0.717, 1.165) is 0 Å². The molecule has 138 valence electrons. The zero-order valence-corrected chi connectivity index (χ0v) is 15.9. The lowest BCUT2D eigenvalue weighted by Crippen LogP contribution is -2.30. The molecule has 4 heteroatoms. The van der Waals surface area contributed by atoms with Crippen molar-refractivity contribution >= 4 is 11.6 Å². The zero-order chi connectivity index (χ0) is 19.2. The SMILES string of the molecule is C=CCOc1cccc(NC(=O)[C@H](C)Oc2ccc(C(C)(C)C)cc2)c1. The first-order valence-corrected chi connectivity index (χ1v) is 8.71. The van der Waals surface area contributed by atoms with Crippen molar-refractivity contribution in [3.05, 3.63) is 66.7 Å². The monoisotopic (exact) mass is 353 g/mol. The van der Waals surface area contributed by atoms with Crippen molar-refractivity contribution in [2.75, 3.05) is 11.9 Å². The van der Waals surface area contributed by atoms with Crippen molar-refractivity contribution in [1.29, 1.82) is 0 Å². The molecule has 4 nitrogen and oxygen atoms in total. The largest absolute Gasteiger partial charge is 0.489 e. The molecule has 2 aromatic carbocycles. The molecule has 0 unspecified atom stereocenters. The molecule has 0 aromatic heterocycles. The van der Waals surface area contributed by atoms with E-state index in [1.165, 1.54) is 5.56 Å². The van der Waals surface area contributed by atoms with E-state index in [2.05, 4.69) is 32.7 Å². The van der Waals surface area contributed by atoms with Gasteiger partial charge in [-0.15, -0.1) is 0 Å². The maximum Gasteiger partial charge on any atom is 0.265 e. The summed E-state index contributed by atoms with van der Waals surface area (Å²) in [7, 11) is 0. The van der Waals surface area contributed by atoms with Crippen LogP contribution in [0.2, 0.25) is 0 Å². The van der Waals surface area contributed by atoms with Crippen LogP contribution in [-0.2, 0) is 10.2 Å². The summed E-state index contributed by atoms with van der Waals surface area (Å²) in [4.78, 5) is 12.4.